The number of carbonyl (C=O) groups excluding carboxylic acids is 2. The Balaban J connectivity index is 1.33. The molecule has 0 aliphatic heterocycles. The molecule has 0 fully saturated rings. The molecule has 0 saturated heterocycles. The van der Waals surface area contributed by atoms with Crippen molar-refractivity contribution in [3.8, 4) is 16.3 Å². The van der Waals surface area contributed by atoms with E-state index in [0.717, 1.165) is 23.5 Å². The van der Waals surface area contributed by atoms with Gasteiger partial charge in [0.2, 0.25) is 0 Å². The van der Waals surface area contributed by atoms with Crippen molar-refractivity contribution in [2.24, 2.45) is 7.05 Å². The number of nitrogens with one attached hydrogen (secondary N) is 2. The van der Waals surface area contributed by atoms with Crippen LogP contribution in [0.25, 0.3) is 16.3 Å². The van der Waals surface area contributed by atoms with Gasteiger partial charge in [0, 0.05) is 23.9 Å². The lowest BCUT2D eigenvalue weighted by atomic mass is 10.1. The summed E-state index contributed by atoms with van der Waals surface area (Å²) in [6.45, 7) is 3.36. The van der Waals surface area contributed by atoms with Crippen molar-refractivity contribution in [3.05, 3.63) is 117 Å². The average Bonchev–Trinajstić information content (AvgIpc) is 3.46. The minimum absolute atomic E-state index is 0.136. The maximum atomic E-state index is 13.2. The van der Waals surface area contributed by atoms with Crippen molar-refractivity contribution in [3.63, 3.8) is 0 Å². The quantitative estimate of drug-likeness (QED) is 0.238. The van der Waals surface area contributed by atoms with Gasteiger partial charge in [-0.1, -0.05) is 36.4 Å². The topological polar surface area (TPSA) is 98.0 Å². The van der Waals surface area contributed by atoms with Gasteiger partial charge in [-0.05, 0) is 56.3 Å². The van der Waals surface area contributed by atoms with E-state index in [2.05, 4.69) is 15.6 Å². The number of hydrogen-bond donors (Lipinski definition) is 2. The number of carbonyl (C=O) groups is 2. The van der Waals surface area contributed by atoms with Crippen LogP contribution in [-0.4, -0.2) is 26.2 Å². The van der Waals surface area contributed by atoms with Crippen LogP contribution in [-0.2, 0) is 13.2 Å². The second kappa shape index (κ2) is 11.1. The van der Waals surface area contributed by atoms with Crippen molar-refractivity contribution in [1.29, 1.82) is 0 Å². The molecule has 0 aliphatic carbocycles. The maximum absolute atomic E-state index is 13.2. The van der Waals surface area contributed by atoms with Gasteiger partial charge < -0.3 is 10.6 Å². The van der Waals surface area contributed by atoms with E-state index in [0.29, 0.717) is 33.3 Å². The highest BCUT2D eigenvalue weighted by Gasteiger charge is 2.30. The molecule has 2 amide bonds. The van der Waals surface area contributed by atoms with E-state index in [1.165, 1.54) is 22.9 Å². The summed E-state index contributed by atoms with van der Waals surface area (Å²) in [7, 11) is 1.72. The van der Waals surface area contributed by atoms with Crippen LogP contribution in [0.4, 0.5) is 24.5 Å². The van der Waals surface area contributed by atoms with E-state index in [1.54, 1.807) is 55.9 Å². The Morgan fingerprint density at radius 2 is 1.57 bits per heavy atom. The number of thiazole rings is 1. The smallest absolute Gasteiger partial charge is 0.321 e. The van der Waals surface area contributed by atoms with E-state index < -0.39 is 23.6 Å². The average molecular weight is 592 g/mol. The number of nitrogens with zero attached hydrogens (tertiary/aromatic N) is 3. The summed E-state index contributed by atoms with van der Waals surface area (Å²) in [5.41, 5.74) is 1.61. The fourth-order valence-corrected chi connectivity index (χ4v) is 5.32. The van der Waals surface area contributed by atoms with Crippen molar-refractivity contribution < 1.29 is 22.8 Å². The minimum Gasteiger partial charge on any atom is -0.321 e. The molecule has 0 atom stereocenters. The second-order valence-corrected chi connectivity index (χ2v) is 10.4. The van der Waals surface area contributed by atoms with Gasteiger partial charge in [-0.15, -0.1) is 11.3 Å². The van der Waals surface area contributed by atoms with Crippen LogP contribution in [0.2, 0.25) is 0 Å². The normalized spacial score (nSPS) is 11.4. The van der Waals surface area contributed by atoms with Crippen LogP contribution in [0.5, 0.6) is 0 Å². The molecule has 0 aliphatic rings. The molecule has 8 nitrogen and oxygen atoms in total. The van der Waals surface area contributed by atoms with Gasteiger partial charge in [0.25, 0.3) is 17.4 Å². The largest absolute Gasteiger partial charge is 0.416 e. The Labute approximate surface area is 242 Å². The van der Waals surface area contributed by atoms with Gasteiger partial charge in [-0.25, -0.2) is 9.67 Å². The Morgan fingerprint density at radius 1 is 0.881 bits per heavy atom. The molecule has 42 heavy (non-hydrogen) atoms. The fraction of sp³-hybridized carbons (Fsp3) is 0.133. The number of amides is 2. The van der Waals surface area contributed by atoms with Gasteiger partial charge in [-0.2, -0.15) is 13.2 Å². The number of aromatic nitrogens is 3. The van der Waals surface area contributed by atoms with Crippen molar-refractivity contribution in [2.75, 3.05) is 10.6 Å². The Bertz CT molecular complexity index is 1860. The zero-order valence-electron chi connectivity index (χ0n) is 22.6. The van der Waals surface area contributed by atoms with Gasteiger partial charge >= 0.3 is 6.18 Å². The molecular weight excluding hydrogens is 567 g/mol. The zero-order chi connectivity index (χ0) is 30.2. The highest BCUT2D eigenvalue weighted by Crippen LogP contribution is 2.33. The van der Waals surface area contributed by atoms with E-state index in [1.807, 2.05) is 18.2 Å². The van der Waals surface area contributed by atoms with Crippen LogP contribution in [0.3, 0.4) is 0 Å². The molecule has 0 saturated carbocycles. The van der Waals surface area contributed by atoms with Gasteiger partial charge in [0.15, 0.2) is 0 Å². The van der Waals surface area contributed by atoms with Crippen LogP contribution in [0, 0.1) is 13.8 Å². The fourth-order valence-electron chi connectivity index (χ4n) is 4.36. The summed E-state index contributed by atoms with van der Waals surface area (Å²) < 4.78 is 41.8. The molecule has 0 unspecified atom stereocenters. The van der Waals surface area contributed by atoms with E-state index in [9.17, 15) is 27.6 Å². The number of halogens is 3. The van der Waals surface area contributed by atoms with Crippen molar-refractivity contribution in [2.45, 2.75) is 20.0 Å². The molecule has 5 aromatic rings. The number of anilines is 2. The molecule has 5 rings (SSSR count). The third-order valence-electron chi connectivity index (χ3n) is 6.64. The van der Waals surface area contributed by atoms with Crippen LogP contribution < -0.4 is 16.2 Å². The molecule has 214 valence electrons. The maximum Gasteiger partial charge on any atom is 0.416 e. The first kappa shape index (κ1) is 28.6. The van der Waals surface area contributed by atoms with E-state index in [-0.39, 0.29) is 21.7 Å². The second-order valence-electron chi connectivity index (χ2n) is 9.43. The van der Waals surface area contributed by atoms with Crippen LogP contribution in [0.1, 0.15) is 37.0 Å². The first-order chi connectivity index (χ1) is 19.9. The SMILES string of the molecule is Cc1nc(-c2ccc(C(F)(F)F)cc2)sc1C(=O)Nc1cccc(C(=O)Nc2c(C)n(C)n(-c3ccccc3)c2=O)c1. The molecule has 2 N–H and O–H groups in total. The summed E-state index contributed by atoms with van der Waals surface area (Å²) in [5.74, 6) is -1.01. The molecule has 3 aromatic carbocycles. The molecule has 0 spiro atoms. The molecular formula is C30H24F3N5O3S. The number of aryl methyl sites for hydroxylation is 1. The van der Waals surface area contributed by atoms with Gasteiger partial charge in [0.05, 0.1) is 22.6 Å². The van der Waals surface area contributed by atoms with E-state index in [4.69, 9.17) is 0 Å². The lowest BCUT2D eigenvalue weighted by Gasteiger charge is -2.08. The number of hydrogen-bond acceptors (Lipinski definition) is 5. The number of alkyl halides is 3. The molecule has 12 heteroatoms. The third kappa shape index (κ3) is 5.61. The predicted octanol–water partition coefficient (Wildman–Crippen LogP) is 6.44. The summed E-state index contributed by atoms with van der Waals surface area (Å²) in [6.07, 6.45) is -4.45. The first-order valence-corrected chi connectivity index (χ1v) is 13.5. The predicted molar refractivity (Wildman–Crippen MR) is 155 cm³/mol. The summed E-state index contributed by atoms with van der Waals surface area (Å²) in [5, 5.41) is 5.84. The van der Waals surface area contributed by atoms with Crippen LogP contribution >= 0.6 is 11.3 Å². The van der Waals surface area contributed by atoms with Crippen molar-refractivity contribution >= 4 is 34.5 Å². The Morgan fingerprint density at radius 3 is 2.24 bits per heavy atom. The van der Waals surface area contributed by atoms with Crippen LogP contribution in [0.15, 0.2) is 83.7 Å². The third-order valence-corrected chi connectivity index (χ3v) is 7.84. The lowest BCUT2D eigenvalue weighted by Crippen LogP contribution is -2.23. The highest BCUT2D eigenvalue weighted by atomic mass is 32.1. The van der Waals surface area contributed by atoms with Gasteiger partial charge in [-0.3, -0.25) is 19.1 Å². The number of rotatable bonds is 6. The monoisotopic (exact) mass is 591 g/mol. The standard InChI is InChI=1S/C30H24F3N5O3S/c1-17-25(42-28(34-17)19-12-14-21(15-13-19)30(31,32)33)27(40)35-22-9-7-8-20(16-22)26(39)36-24-18(2)37(3)38(29(24)41)23-10-5-4-6-11-23/h4-16H,1-3H3,(H,35,40)(H,36,39). The van der Waals surface area contributed by atoms with E-state index >= 15 is 0 Å². The number of benzene rings is 3. The molecule has 0 radical (unpaired) electrons. The number of para-hydroxylation sites is 1. The summed E-state index contributed by atoms with van der Waals surface area (Å²) in [6, 6.07) is 19.8. The van der Waals surface area contributed by atoms with Gasteiger partial charge in [0.1, 0.15) is 15.6 Å². The molecule has 0 bridgehead atoms. The summed E-state index contributed by atoms with van der Waals surface area (Å²) >= 11 is 1.05. The summed E-state index contributed by atoms with van der Waals surface area (Å²) in [4.78, 5) is 44.0. The first-order valence-electron chi connectivity index (χ1n) is 12.7. The highest BCUT2D eigenvalue weighted by molar-refractivity contribution is 7.17. The molecule has 2 heterocycles. The lowest BCUT2D eigenvalue weighted by molar-refractivity contribution is -0.137. The Hall–Kier alpha value is -4.97. The van der Waals surface area contributed by atoms with Crippen molar-refractivity contribution in [1.82, 2.24) is 14.3 Å². The Kier molecular flexibility index (Phi) is 7.57. The minimum atomic E-state index is -4.45. The molecule has 2 aromatic heterocycles. The zero-order valence-corrected chi connectivity index (χ0v) is 23.4.